The van der Waals surface area contributed by atoms with Gasteiger partial charge in [0, 0.05) is 12.1 Å². The van der Waals surface area contributed by atoms with E-state index in [4.69, 9.17) is 5.26 Å². The first-order valence-electron chi connectivity index (χ1n) is 7.68. The number of nitrogens with zero attached hydrogens (tertiary/aromatic N) is 3. The summed E-state index contributed by atoms with van der Waals surface area (Å²) in [5.41, 5.74) is 2.06. The van der Waals surface area contributed by atoms with E-state index in [9.17, 15) is 13.2 Å². The summed E-state index contributed by atoms with van der Waals surface area (Å²) in [6.45, 7) is 2.60. The Morgan fingerprint density at radius 3 is 2.67 bits per heavy atom. The van der Waals surface area contributed by atoms with Crippen molar-refractivity contribution in [3.63, 3.8) is 0 Å². The van der Waals surface area contributed by atoms with Crippen molar-refractivity contribution in [3.05, 3.63) is 51.4 Å². The number of hydrogen-bond acceptors (Lipinski definition) is 4. The van der Waals surface area contributed by atoms with Crippen molar-refractivity contribution < 1.29 is 8.42 Å². The van der Waals surface area contributed by atoms with E-state index in [-0.39, 0.29) is 36.5 Å². The van der Waals surface area contributed by atoms with E-state index >= 15 is 0 Å². The lowest BCUT2D eigenvalue weighted by Gasteiger charge is -2.25. The lowest BCUT2D eigenvalue weighted by molar-refractivity contribution is 0.385. The Hall–Kier alpha value is -2.37. The standard InChI is InChI=1S/C16H18N4O3S/c1-12-3-5-13(6-4-12)24(22,23)19-10-7-14-15(11-19)18-20(16(14)21)9-2-8-17/h3-6,18H,2,7,9-11H2,1H3. The number of benzene rings is 1. The van der Waals surface area contributed by atoms with Gasteiger partial charge in [0.05, 0.1) is 36.2 Å². The predicted molar refractivity (Wildman–Crippen MR) is 87.8 cm³/mol. The highest BCUT2D eigenvalue weighted by atomic mass is 32.2. The van der Waals surface area contributed by atoms with E-state index in [0.29, 0.717) is 17.7 Å². The summed E-state index contributed by atoms with van der Waals surface area (Å²) < 4.78 is 28.3. The molecule has 0 spiro atoms. The van der Waals surface area contributed by atoms with Gasteiger partial charge in [-0.25, -0.2) is 8.42 Å². The third-order valence-corrected chi connectivity index (χ3v) is 6.05. The summed E-state index contributed by atoms with van der Waals surface area (Å²) in [5.74, 6) is 0. The second-order valence-electron chi connectivity index (χ2n) is 5.84. The fourth-order valence-corrected chi connectivity index (χ4v) is 4.25. The maximum atomic E-state index is 12.8. The molecule has 1 N–H and O–H groups in total. The van der Waals surface area contributed by atoms with Crippen LogP contribution in [-0.2, 0) is 29.5 Å². The molecular formula is C16H18N4O3S. The summed E-state index contributed by atoms with van der Waals surface area (Å²) in [6, 6.07) is 8.73. The quantitative estimate of drug-likeness (QED) is 0.897. The first-order valence-corrected chi connectivity index (χ1v) is 9.12. The number of hydrogen-bond donors (Lipinski definition) is 1. The van der Waals surface area contributed by atoms with Gasteiger partial charge in [-0.3, -0.25) is 14.6 Å². The maximum absolute atomic E-state index is 12.8. The van der Waals surface area contributed by atoms with Gasteiger partial charge in [0.2, 0.25) is 10.0 Å². The van der Waals surface area contributed by atoms with Crippen LogP contribution in [0.4, 0.5) is 0 Å². The minimum absolute atomic E-state index is 0.139. The molecule has 0 unspecified atom stereocenters. The molecule has 8 heteroatoms. The largest absolute Gasteiger partial charge is 0.298 e. The number of aromatic amines is 1. The normalized spacial score (nSPS) is 15.0. The van der Waals surface area contributed by atoms with Gasteiger partial charge in [-0.2, -0.15) is 9.57 Å². The molecule has 0 amide bonds. The average molecular weight is 346 g/mol. The van der Waals surface area contributed by atoms with E-state index in [1.54, 1.807) is 24.3 Å². The lowest BCUT2D eigenvalue weighted by Crippen LogP contribution is -2.37. The fourth-order valence-electron chi connectivity index (χ4n) is 2.84. The zero-order valence-corrected chi connectivity index (χ0v) is 14.1. The van der Waals surface area contributed by atoms with Crippen molar-refractivity contribution in [2.75, 3.05) is 6.54 Å². The minimum Gasteiger partial charge on any atom is -0.298 e. The van der Waals surface area contributed by atoms with Crippen molar-refractivity contribution in [1.29, 1.82) is 5.26 Å². The Bertz CT molecular complexity index is 949. The molecule has 2 aromatic rings. The van der Waals surface area contributed by atoms with E-state index in [1.165, 1.54) is 8.99 Å². The van der Waals surface area contributed by atoms with E-state index in [0.717, 1.165) is 5.56 Å². The molecule has 0 saturated heterocycles. The average Bonchev–Trinajstić information content (AvgIpc) is 2.89. The summed E-state index contributed by atoms with van der Waals surface area (Å²) in [5, 5.41) is 11.6. The van der Waals surface area contributed by atoms with Gasteiger partial charge < -0.3 is 0 Å². The summed E-state index contributed by atoms with van der Waals surface area (Å²) in [6.07, 6.45) is 0.597. The van der Waals surface area contributed by atoms with Crippen molar-refractivity contribution >= 4 is 10.0 Å². The number of aryl methyl sites for hydroxylation is 2. The molecule has 7 nitrogen and oxygen atoms in total. The first-order chi connectivity index (χ1) is 11.4. The molecular weight excluding hydrogens is 328 g/mol. The van der Waals surface area contributed by atoms with Crippen LogP contribution in [0, 0.1) is 18.3 Å². The molecule has 2 heterocycles. The molecule has 0 radical (unpaired) electrons. The number of sulfonamides is 1. The van der Waals surface area contributed by atoms with Gasteiger partial charge in [0.1, 0.15) is 0 Å². The van der Waals surface area contributed by atoms with Crippen LogP contribution in [0.5, 0.6) is 0 Å². The van der Waals surface area contributed by atoms with Gasteiger partial charge in [-0.1, -0.05) is 17.7 Å². The van der Waals surface area contributed by atoms with Crippen LogP contribution in [0.3, 0.4) is 0 Å². The van der Waals surface area contributed by atoms with Crippen molar-refractivity contribution in [2.24, 2.45) is 0 Å². The van der Waals surface area contributed by atoms with Crippen molar-refractivity contribution in [3.8, 4) is 6.07 Å². The Morgan fingerprint density at radius 2 is 2.00 bits per heavy atom. The maximum Gasteiger partial charge on any atom is 0.270 e. The van der Waals surface area contributed by atoms with Crippen LogP contribution in [0.2, 0.25) is 0 Å². The number of aromatic nitrogens is 2. The Balaban J connectivity index is 1.88. The lowest BCUT2D eigenvalue weighted by atomic mass is 10.1. The molecule has 1 aliphatic heterocycles. The molecule has 3 rings (SSSR count). The molecule has 126 valence electrons. The van der Waals surface area contributed by atoms with Gasteiger partial charge in [-0.15, -0.1) is 0 Å². The van der Waals surface area contributed by atoms with Crippen LogP contribution in [0.15, 0.2) is 34.0 Å². The van der Waals surface area contributed by atoms with E-state index in [2.05, 4.69) is 5.10 Å². The Morgan fingerprint density at radius 1 is 1.29 bits per heavy atom. The van der Waals surface area contributed by atoms with Crippen LogP contribution >= 0.6 is 0 Å². The number of rotatable bonds is 4. The molecule has 0 saturated carbocycles. The minimum atomic E-state index is -3.59. The number of nitrogens with one attached hydrogen (secondary N) is 1. The van der Waals surface area contributed by atoms with Crippen molar-refractivity contribution in [2.45, 2.75) is 37.8 Å². The second-order valence-corrected chi connectivity index (χ2v) is 7.77. The van der Waals surface area contributed by atoms with Crippen LogP contribution < -0.4 is 5.56 Å². The monoisotopic (exact) mass is 346 g/mol. The zero-order valence-electron chi connectivity index (χ0n) is 13.3. The first kappa shape index (κ1) is 16.5. The molecule has 24 heavy (non-hydrogen) atoms. The molecule has 0 atom stereocenters. The zero-order chi connectivity index (χ0) is 17.3. The predicted octanol–water partition coefficient (Wildman–Crippen LogP) is 1.15. The molecule has 0 fully saturated rings. The van der Waals surface area contributed by atoms with Gasteiger partial charge in [-0.05, 0) is 25.5 Å². The van der Waals surface area contributed by atoms with Crippen LogP contribution in [0.25, 0.3) is 0 Å². The Labute approximate surface area is 140 Å². The van der Waals surface area contributed by atoms with E-state index < -0.39 is 10.0 Å². The van der Waals surface area contributed by atoms with Crippen molar-refractivity contribution in [1.82, 2.24) is 14.1 Å². The second kappa shape index (κ2) is 6.26. The molecule has 1 aromatic heterocycles. The highest BCUT2D eigenvalue weighted by Crippen LogP contribution is 2.23. The van der Waals surface area contributed by atoms with Gasteiger partial charge in [0.15, 0.2) is 0 Å². The summed E-state index contributed by atoms with van der Waals surface area (Å²) >= 11 is 0. The van der Waals surface area contributed by atoms with Crippen LogP contribution in [0.1, 0.15) is 23.2 Å². The van der Waals surface area contributed by atoms with E-state index in [1.807, 2.05) is 13.0 Å². The van der Waals surface area contributed by atoms with Gasteiger partial charge >= 0.3 is 0 Å². The smallest absolute Gasteiger partial charge is 0.270 e. The molecule has 1 aliphatic rings. The summed E-state index contributed by atoms with van der Waals surface area (Å²) in [7, 11) is -3.59. The molecule has 0 aliphatic carbocycles. The molecule has 1 aromatic carbocycles. The number of fused-ring (bicyclic) bond motifs is 1. The molecule has 0 bridgehead atoms. The topological polar surface area (TPSA) is 99.0 Å². The number of H-pyrrole nitrogens is 1. The third kappa shape index (κ3) is 2.88. The van der Waals surface area contributed by atoms with Crippen LogP contribution in [-0.4, -0.2) is 29.0 Å². The highest BCUT2D eigenvalue weighted by molar-refractivity contribution is 7.89. The number of nitriles is 1. The fraction of sp³-hybridized carbons (Fsp3) is 0.375. The Kier molecular flexibility index (Phi) is 4.30. The highest BCUT2D eigenvalue weighted by Gasteiger charge is 2.31. The van der Waals surface area contributed by atoms with Gasteiger partial charge in [0.25, 0.3) is 5.56 Å². The SMILES string of the molecule is Cc1ccc(S(=O)(=O)N2CCc3c([nH]n(CCC#N)c3=O)C2)cc1. The third-order valence-electron chi connectivity index (χ3n) is 4.19. The summed E-state index contributed by atoms with van der Waals surface area (Å²) in [4.78, 5) is 12.5.